The number of ether oxygens (including phenoxy) is 1. The molecular weight excluding hydrogens is 1180 g/mol. The molecule has 0 aliphatic rings. The van der Waals surface area contributed by atoms with Crippen LogP contribution in [0.1, 0.15) is 26.5 Å². The van der Waals surface area contributed by atoms with Crippen LogP contribution in [-0.2, 0) is 214 Å². The first-order chi connectivity index (χ1) is 25.4. The van der Waals surface area contributed by atoms with E-state index in [0.29, 0.717) is 16.7 Å². The number of anilines is 1. The second-order valence-corrected chi connectivity index (χ2v) is 45.2. The number of nitrogens with zero attached hydrogens (tertiary/aromatic N) is 2. The van der Waals surface area contributed by atoms with Crippen molar-refractivity contribution in [2.45, 2.75) is 0 Å². The molecule has 1 heterocycles. The largest absolute Gasteiger partial charge is 0.464 e. The summed E-state index contributed by atoms with van der Waals surface area (Å²) in [6, 6.07) is 15.9. The van der Waals surface area contributed by atoms with Crippen LogP contribution in [-0.4, -0.2) is 24.0 Å². The number of nitriles is 1. The number of amides is 1. The van der Waals surface area contributed by atoms with Gasteiger partial charge in [-0.05, 0) is 45.8 Å². The Morgan fingerprint density at radius 2 is 1.15 bits per heavy atom. The zero-order chi connectivity index (χ0) is 37.8. The van der Waals surface area contributed by atoms with Crippen molar-refractivity contribution >= 4 is 242 Å². The van der Waals surface area contributed by atoms with Gasteiger partial charge in [-0.2, -0.15) is 5.26 Å². The number of halogens is 2. The monoisotopic (exact) mass is 1190 g/mol. The zero-order valence-corrected chi connectivity index (χ0v) is 44.8. The fourth-order valence-electron chi connectivity index (χ4n) is 2.86. The molecule has 0 radical (unpaired) electrons. The first-order valence-corrected chi connectivity index (χ1v) is 42.1. The molecule has 0 bridgehead atoms. The molecule has 1 amide bonds. The SMILES string of the molecule is COC(=O)c1cccc(C(=O)Nc2c(F)ccc(-c3ccccc3C#N)c2Br)n1.S=S=S=S=S=S=S=S=S=S=S=S=S=S=S=S=S=S=S=S=S=S=S. The second kappa shape index (κ2) is 32.4. The van der Waals surface area contributed by atoms with Gasteiger partial charge in [0.15, 0.2) is 0 Å². The average molecular weight is 1190 g/mol. The number of carbonyl (C=O) groups is 2. The van der Waals surface area contributed by atoms with Crippen molar-refractivity contribution in [3.63, 3.8) is 0 Å². The maximum absolute atomic E-state index is 14.5. The lowest BCUT2D eigenvalue weighted by Gasteiger charge is -2.13. The molecule has 2 aromatic carbocycles. The van der Waals surface area contributed by atoms with E-state index in [4.69, 9.17) is 22.4 Å². The maximum Gasteiger partial charge on any atom is 0.356 e. The molecule has 0 unspecified atom stereocenters. The van der Waals surface area contributed by atoms with E-state index in [0.717, 1.165) is 0 Å². The van der Waals surface area contributed by atoms with Crippen LogP contribution in [0.15, 0.2) is 59.1 Å². The first-order valence-electron chi connectivity index (χ1n) is 12.0. The molecule has 3 rings (SSSR count). The predicted molar refractivity (Wildman–Crippen MR) is 277 cm³/mol. The van der Waals surface area contributed by atoms with Crippen molar-refractivity contribution in [2.75, 3.05) is 12.4 Å². The third kappa shape index (κ3) is 20.8. The van der Waals surface area contributed by atoms with Gasteiger partial charge in [-0.15, -0.1) is 0 Å². The highest BCUT2D eigenvalue weighted by Gasteiger charge is 2.19. The number of benzene rings is 2. The molecule has 0 spiro atoms. The molecule has 1 N–H and O–H groups in total. The van der Waals surface area contributed by atoms with Crippen molar-refractivity contribution in [1.29, 1.82) is 5.26 Å². The number of hydrogen-bond acceptors (Lipinski definition) is 7. The van der Waals surface area contributed by atoms with Gasteiger partial charge in [-0.3, -0.25) is 4.79 Å². The first kappa shape index (κ1) is 49.6. The van der Waals surface area contributed by atoms with Crippen LogP contribution in [0.2, 0.25) is 0 Å². The van der Waals surface area contributed by atoms with E-state index >= 15 is 0 Å². The molecule has 0 aliphatic carbocycles. The van der Waals surface area contributed by atoms with Gasteiger partial charge in [0.1, 0.15) is 17.2 Å². The Balaban J connectivity index is 0.000000372. The molecule has 3 aromatic rings. The van der Waals surface area contributed by atoms with E-state index < -0.39 is 17.7 Å². The minimum Gasteiger partial charge on any atom is -0.464 e. The van der Waals surface area contributed by atoms with Crippen molar-refractivity contribution in [1.82, 2.24) is 4.98 Å². The Kier molecular flexibility index (Phi) is 31.0. The summed E-state index contributed by atoms with van der Waals surface area (Å²) in [5, 5.41) is 11.8. The number of carbonyl (C=O) groups excluding carboxylic acids is 2. The third-order valence-corrected chi connectivity index (χ3v) is 49.9. The Morgan fingerprint density at radius 1 is 0.692 bits per heavy atom. The lowest BCUT2D eigenvalue weighted by atomic mass is 10.00. The summed E-state index contributed by atoms with van der Waals surface area (Å²) in [6.07, 6.45) is 0. The van der Waals surface area contributed by atoms with Crippen LogP contribution < -0.4 is 5.32 Å². The lowest BCUT2D eigenvalue weighted by Crippen LogP contribution is -2.17. The van der Waals surface area contributed by atoms with Gasteiger partial charge in [0.05, 0.1) is 28.9 Å². The zero-order valence-electron chi connectivity index (χ0n) is 24.5. The van der Waals surface area contributed by atoms with Gasteiger partial charge in [0.2, 0.25) is 0 Å². The topological polar surface area (TPSA) is 92.1 Å². The molecular formula is C21H13BrFN3O3S23. The number of hydrogen-bond donors (Lipinski definition) is 1. The highest BCUT2D eigenvalue weighted by molar-refractivity contribution is 9.10. The summed E-state index contributed by atoms with van der Waals surface area (Å²) < 4.78 is 19.3. The molecule has 52 heavy (non-hydrogen) atoms. The summed E-state index contributed by atoms with van der Waals surface area (Å²) >= 11 is 12.9. The number of aromatic nitrogens is 1. The van der Waals surface area contributed by atoms with Crippen molar-refractivity contribution < 1.29 is 18.7 Å². The molecule has 6 nitrogen and oxygen atoms in total. The van der Waals surface area contributed by atoms with Gasteiger partial charge >= 0.3 is 5.97 Å². The van der Waals surface area contributed by atoms with Crippen LogP contribution in [0, 0.1) is 17.1 Å². The highest BCUT2D eigenvalue weighted by atomic mass is 79.9. The normalized spacial score (nSPS) is 8.96. The number of methoxy groups -OCH3 is 1. The van der Waals surface area contributed by atoms with Crippen LogP contribution in [0.4, 0.5) is 10.1 Å². The molecule has 31 heteroatoms. The van der Waals surface area contributed by atoms with Crippen LogP contribution in [0.3, 0.4) is 0 Å². The number of esters is 1. The standard InChI is InChI=1S/C21H13BrFN3O3.S23/c1-29-21(28)17-8-4-7-16(25-17)20(27)26-19-15(23)10-9-14(18(19)22)13-6-3-2-5-12(13)11-24;1-3-5-7-9-11-13-15-17-19-21-23-22-20-18-16-14-12-10-8-6-4-2/h2-10H,1H3,(H,26,27);. The van der Waals surface area contributed by atoms with E-state index in [1.165, 1.54) is 55.2 Å². The van der Waals surface area contributed by atoms with Crippen molar-refractivity contribution in [3.05, 3.63) is 81.8 Å². The molecule has 282 valence electrons. The van der Waals surface area contributed by atoms with Gasteiger partial charge in [0.25, 0.3) is 5.91 Å². The van der Waals surface area contributed by atoms with Crippen LogP contribution in [0.5, 0.6) is 0 Å². The highest BCUT2D eigenvalue weighted by Crippen LogP contribution is 2.37. The molecule has 0 saturated carbocycles. The fourth-order valence-corrected chi connectivity index (χ4v) is 55.6. The second-order valence-electron chi connectivity index (χ2n) is 7.22. The summed E-state index contributed by atoms with van der Waals surface area (Å²) in [4.78, 5) is 28.1. The summed E-state index contributed by atoms with van der Waals surface area (Å²) in [5.74, 6) is -2.07. The number of nitrogens with one attached hydrogen (secondary N) is 1. The summed E-state index contributed by atoms with van der Waals surface area (Å²) in [6.45, 7) is 0. The molecule has 0 atom stereocenters. The predicted octanol–water partition coefficient (Wildman–Crippen LogP) is 4.51. The van der Waals surface area contributed by atoms with Crippen molar-refractivity contribution in [3.8, 4) is 17.2 Å². The quantitative estimate of drug-likeness (QED) is 0.386. The maximum atomic E-state index is 14.5. The lowest BCUT2D eigenvalue weighted by molar-refractivity contribution is 0.0594. The Bertz CT molecular complexity index is 2760. The third-order valence-electron chi connectivity index (χ3n) is 4.60. The fraction of sp³-hybridized carbons (Fsp3) is 0.0476. The molecule has 0 saturated heterocycles. The number of rotatable bonds is 4. The Labute approximate surface area is 376 Å². The number of pyridine rings is 1. The minimum atomic E-state index is -0.707. The summed E-state index contributed by atoms with van der Waals surface area (Å²) in [7, 11) is 37.5. The van der Waals surface area contributed by atoms with E-state index in [2.05, 4.69) is 37.0 Å². The van der Waals surface area contributed by atoms with Crippen molar-refractivity contribution in [2.24, 2.45) is 0 Å². The van der Waals surface area contributed by atoms with Crippen LogP contribution >= 0.6 is 15.9 Å². The van der Waals surface area contributed by atoms with Gasteiger partial charge in [-0.25, -0.2) is 14.2 Å². The van der Waals surface area contributed by atoms with Gasteiger partial charge in [0, 0.05) is 214 Å². The smallest absolute Gasteiger partial charge is 0.356 e. The van der Waals surface area contributed by atoms with Crippen LogP contribution in [0.25, 0.3) is 11.1 Å². The Morgan fingerprint density at radius 3 is 1.62 bits per heavy atom. The van der Waals surface area contributed by atoms with Gasteiger partial charge in [-0.1, -0.05) is 30.3 Å². The Hall–Kier alpha value is 1.49. The van der Waals surface area contributed by atoms with E-state index in [9.17, 15) is 19.2 Å². The minimum absolute atomic E-state index is 0.0450. The molecule has 0 aliphatic heterocycles. The van der Waals surface area contributed by atoms with E-state index in [1.807, 2.05) is 26.6 Å². The van der Waals surface area contributed by atoms with Gasteiger partial charge < -0.3 is 10.1 Å². The molecule has 1 aromatic heterocycles. The summed E-state index contributed by atoms with van der Waals surface area (Å²) in [5.41, 5.74) is 1.30. The average Bonchev–Trinajstić information content (AvgIpc) is 3.17. The van der Waals surface area contributed by atoms with E-state index in [1.54, 1.807) is 166 Å². The molecule has 0 fully saturated rings. The van der Waals surface area contributed by atoms with E-state index in [-0.39, 0.29) is 21.5 Å².